The first-order valence-corrected chi connectivity index (χ1v) is 32.6. The van der Waals surface area contributed by atoms with Crippen molar-refractivity contribution in [2.45, 2.75) is 152 Å². The molecule has 9 atom stereocenters. The van der Waals surface area contributed by atoms with Crippen molar-refractivity contribution in [2.75, 3.05) is 38.1 Å². The highest BCUT2D eigenvalue weighted by Gasteiger charge is 2.39. The van der Waals surface area contributed by atoms with E-state index in [1.807, 2.05) is 44.2 Å². The molecule has 520 valence electrons. The lowest BCUT2D eigenvalue weighted by Crippen LogP contribution is -2.60. The van der Waals surface area contributed by atoms with Crippen LogP contribution in [0.4, 0.5) is 5.69 Å². The maximum Gasteiger partial charge on any atom is 0.245 e. The van der Waals surface area contributed by atoms with Gasteiger partial charge < -0.3 is 80.2 Å². The summed E-state index contributed by atoms with van der Waals surface area (Å²) in [5.74, 6) is -9.11. The monoisotopic (exact) mass is 1340 g/mol. The number of aliphatic hydroxyl groups is 1. The molecule has 2 fully saturated rings. The van der Waals surface area contributed by atoms with E-state index in [-0.39, 0.29) is 107 Å². The molecule has 0 radical (unpaired) electrons. The molecule has 3 aliphatic rings. The number of phenolic OH excluding ortho intramolecular Hbond substituents is 1. The molecular formula is C68H90N16O13. The summed E-state index contributed by atoms with van der Waals surface area (Å²) in [6, 6.07) is 10.2. The van der Waals surface area contributed by atoms with E-state index in [1.54, 1.807) is 29.2 Å². The molecule has 9 amide bonds. The van der Waals surface area contributed by atoms with Crippen LogP contribution in [-0.2, 0) is 78.4 Å². The summed E-state index contributed by atoms with van der Waals surface area (Å²) >= 11 is 0. The smallest absolute Gasteiger partial charge is 0.245 e. The highest BCUT2D eigenvalue weighted by atomic mass is 16.3. The molecule has 18 N–H and O–H groups in total. The first kappa shape index (κ1) is 74.1. The number of rotatable bonds is 39. The first-order valence-electron chi connectivity index (χ1n) is 32.6. The summed E-state index contributed by atoms with van der Waals surface area (Å²) in [6.45, 7) is 6.20. The Morgan fingerprint density at radius 1 is 0.763 bits per heavy atom. The lowest BCUT2D eigenvalue weighted by molar-refractivity contribution is -0.136. The molecule has 3 heterocycles. The number of aryl methyl sites for hydroxylation is 1. The largest absolute Gasteiger partial charge is 0.508 e. The van der Waals surface area contributed by atoms with E-state index >= 15 is 9.59 Å². The van der Waals surface area contributed by atoms with E-state index in [4.69, 9.17) is 17.2 Å². The molecule has 2 saturated heterocycles. The number of primary amides is 1. The number of aromatic amines is 1. The van der Waals surface area contributed by atoms with Gasteiger partial charge in [0.05, 0.1) is 50.1 Å². The fourth-order valence-electron chi connectivity index (χ4n) is 12.1. The Hall–Kier alpha value is -10.3. The fourth-order valence-corrected chi connectivity index (χ4v) is 12.1. The van der Waals surface area contributed by atoms with E-state index in [9.17, 15) is 53.4 Å². The predicted molar refractivity (Wildman–Crippen MR) is 360 cm³/mol. The van der Waals surface area contributed by atoms with E-state index in [2.05, 4.69) is 69.4 Å². The lowest BCUT2D eigenvalue weighted by atomic mass is 9.92. The van der Waals surface area contributed by atoms with Crippen LogP contribution in [0.2, 0.25) is 0 Å². The first-order chi connectivity index (χ1) is 46.5. The number of nitrogens with one attached hydrogen (secondary N) is 10. The molecule has 29 heteroatoms. The minimum atomic E-state index is -1.77. The van der Waals surface area contributed by atoms with E-state index in [0.717, 1.165) is 16.7 Å². The van der Waals surface area contributed by atoms with Gasteiger partial charge in [-0.25, -0.2) is 4.98 Å². The number of likely N-dealkylation sites (tertiary alicyclic amines) is 1. The van der Waals surface area contributed by atoms with E-state index < -0.39 is 126 Å². The van der Waals surface area contributed by atoms with Gasteiger partial charge >= 0.3 is 0 Å². The zero-order valence-electron chi connectivity index (χ0n) is 54.6. The van der Waals surface area contributed by atoms with Gasteiger partial charge in [0.15, 0.2) is 17.5 Å². The molecule has 7 rings (SSSR count). The van der Waals surface area contributed by atoms with Gasteiger partial charge in [0.2, 0.25) is 53.2 Å². The summed E-state index contributed by atoms with van der Waals surface area (Å²) in [5, 5.41) is 45.9. The third kappa shape index (κ3) is 22.7. The topological polar surface area (TPSA) is 459 Å². The number of carbonyl (C=O) groups is 11. The molecular weight excluding hydrogens is 1250 g/mol. The second-order valence-electron chi connectivity index (χ2n) is 24.9. The number of aromatic nitrogens is 2. The molecule has 2 aliphatic heterocycles. The summed E-state index contributed by atoms with van der Waals surface area (Å²) in [4.78, 5) is 166. The number of hydrogen-bond donors (Lipinski definition) is 15. The highest BCUT2D eigenvalue weighted by Crippen LogP contribution is 2.31. The zero-order chi connectivity index (χ0) is 70.1. The number of nitrogens with zero attached hydrogens (tertiary/aromatic N) is 3. The summed E-state index contributed by atoms with van der Waals surface area (Å²) in [6.07, 6.45) is 7.87. The second kappa shape index (κ2) is 36.6. The third-order valence-corrected chi connectivity index (χ3v) is 17.1. The van der Waals surface area contributed by atoms with Crippen LogP contribution in [0.3, 0.4) is 0 Å². The minimum Gasteiger partial charge on any atom is -0.508 e. The van der Waals surface area contributed by atoms with Crippen LogP contribution in [0.5, 0.6) is 5.75 Å². The Morgan fingerprint density at radius 2 is 1.41 bits per heavy atom. The van der Waals surface area contributed by atoms with Crippen molar-refractivity contribution in [1.82, 2.24) is 57.4 Å². The predicted octanol–water partition coefficient (Wildman–Crippen LogP) is -0.392. The zero-order valence-corrected chi connectivity index (χ0v) is 54.6. The van der Waals surface area contributed by atoms with Crippen molar-refractivity contribution >= 4 is 82.0 Å². The summed E-state index contributed by atoms with van der Waals surface area (Å²) in [5.41, 5.74) is 21.2. The number of aromatic hydroxyl groups is 1. The van der Waals surface area contributed by atoms with Gasteiger partial charge in [0.25, 0.3) is 0 Å². The number of Topliss-reactive ketones (excluding diaryl/α,β-unsaturated/α-hetero) is 2. The van der Waals surface area contributed by atoms with Gasteiger partial charge in [-0.1, -0.05) is 81.1 Å². The third-order valence-electron chi connectivity index (χ3n) is 17.1. The van der Waals surface area contributed by atoms with Gasteiger partial charge in [-0.3, -0.25) is 62.6 Å². The Morgan fingerprint density at radius 3 is 2.08 bits per heavy atom. The number of fused-ring (bicyclic) bond motifs is 1. The number of hydrogen-bond acceptors (Lipinski definition) is 17. The Kier molecular flexibility index (Phi) is 27.9. The van der Waals surface area contributed by atoms with E-state index in [0.29, 0.717) is 48.3 Å². The van der Waals surface area contributed by atoms with Crippen molar-refractivity contribution < 1.29 is 63.0 Å². The summed E-state index contributed by atoms with van der Waals surface area (Å²) < 4.78 is 0. The molecule has 0 bridgehead atoms. The van der Waals surface area contributed by atoms with E-state index in [1.165, 1.54) is 43.0 Å². The number of benzene rings is 3. The number of H-pyrrole nitrogens is 1. The number of imidazole rings is 1. The van der Waals surface area contributed by atoms with Crippen LogP contribution in [0.15, 0.2) is 109 Å². The number of aliphatic hydroxyl groups excluding tert-OH is 1. The normalized spacial score (nSPS) is 17.0. The quantitative estimate of drug-likeness (QED) is 0.0154. The molecule has 0 spiro atoms. The maximum atomic E-state index is 15.1. The van der Waals surface area contributed by atoms with Crippen molar-refractivity contribution in [3.63, 3.8) is 0 Å². The maximum absolute atomic E-state index is 15.1. The number of allylic oxidation sites excluding steroid dienone is 1. The standard InChI is InChI=1S/C68H90N16O13/c1-4-73-48-14-8-6-12-42(48)21-24-51(79-61(91)44(31-45-34-72-38-76-45)33-57(87)50-25-26-60(90)77-50)62(92)83-55(37-85)66(96)81-53(30-40-17-22-46(86)23-18-40)64(94)82-54(32-43-20-19-41-11-5-7-13-47(41)43)65(95)80-52(29-39(2)3)63(93)78-49(15-9-27-74-68(70)71)58(88)36-84-28-10-16-56(84)67(97)75-35-59(69)89/h4-8,11-14,17-18,20,22-23,34,38-39,44,49-56,73,85-86H,1,9-10,15-16,19,21,24-33,35-37H2,2-3H3,(H2,69,89)(H,72,76)(H,75,97)(H,77,90)(H,78,93)(H,79,91)(H,80,95)(H,81,96)(H,82,94)(H,83,92)(H4,70,71,74). The van der Waals surface area contributed by atoms with Gasteiger partial charge in [-0.2, -0.15) is 0 Å². The average molecular weight is 1340 g/mol. The number of phenols is 1. The van der Waals surface area contributed by atoms with Crippen LogP contribution in [-0.4, -0.2) is 177 Å². The molecule has 97 heavy (non-hydrogen) atoms. The van der Waals surface area contributed by atoms with Gasteiger partial charge in [0, 0.05) is 56.2 Å². The van der Waals surface area contributed by atoms with Crippen molar-refractivity contribution in [2.24, 2.45) is 34.0 Å². The van der Waals surface area contributed by atoms with Crippen molar-refractivity contribution in [3.05, 3.63) is 132 Å². The van der Waals surface area contributed by atoms with Gasteiger partial charge in [-0.15, -0.1) is 0 Å². The number of anilines is 1. The molecule has 9 unspecified atom stereocenters. The number of para-hydroxylation sites is 1. The molecule has 3 aromatic carbocycles. The SMILES string of the molecule is C=CNc1ccccc1CCC(NC(=O)C(CC(=O)C1CCC(=O)N1)Cc1cnc[nH]1)C(=O)NC(CO)C(=O)NC(Cc1ccc(O)cc1)C(=O)NC(CC1=CCc2ccccc21)C(=O)NC(CC(C)C)C(=O)NC(CCCN=C(N)N)C(=O)CN1CCCC1C(=O)NCC(N)=O. The molecule has 29 nitrogen and oxygen atoms in total. The minimum absolute atomic E-state index is 0.00804. The highest BCUT2D eigenvalue weighted by molar-refractivity contribution is 5.99. The second-order valence-corrected chi connectivity index (χ2v) is 24.9. The van der Waals surface area contributed by atoms with Crippen LogP contribution in [0.1, 0.15) is 106 Å². The van der Waals surface area contributed by atoms with Gasteiger partial charge in [0.1, 0.15) is 36.0 Å². The average Bonchev–Trinajstić information content (AvgIpc) is 1.80. The number of amides is 9. The van der Waals surface area contributed by atoms with Crippen molar-refractivity contribution in [3.8, 4) is 5.75 Å². The Labute approximate surface area is 562 Å². The van der Waals surface area contributed by atoms with Gasteiger partial charge in [-0.05, 0) is 122 Å². The van der Waals surface area contributed by atoms with Crippen LogP contribution in [0.25, 0.3) is 5.57 Å². The molecule has 4 aromatic rings. The number of carbonyl (C=O) groups excluding carboxylic acids is 11. The Balaban J connectivity index is 1.14. The number of ketones is 2. The number of nitrogens with two attached hydrogens (primary N) is 3. The Bertz CT molecular complexity index is 3520. The van der Waals surface area contributed by atoms with Crippen molar-refractivity contribution in [1.29, 1.82) is 0 Å². The fraction of sp³-hybridized carbons (Fsp3) is 0.456. The summed E-state index contributed by atoms with van der Waals surface area (Å²) in [7, 11) is 0. The van der Waals surface area contributed by atoms with Crippen LogP contribution >= 0.6 is 0 Å². The number of aliphatic imine (C=N–C) groups is 1. The number of guanidine groups is 1. The molecule has 1 aliphatic carbocycles. The molecule has 1 aromatic heterocycles. The lowest BCUT2D eigenvalue weighted by Gasteiger charge is -2.29. The van der Waals surface area contributed by atoms with Crippen LogP contribution in [0, 0.1) is 11.8 Å². The van der Waals surface area contributed by atoms with Crippen LogP contribution < -0.4 is 65.1 Å². The molecule has 0 saturated carbocycles.